The molecule has 6 fully saturated rings. The Kier molecular flexibility index (Phi) is 20.6. The summed E-state index contributed by atoms with van der Waals surface area (Å²) >= 11 is 0. The number of amides is 6. The minimum atomic E-state index is -0.982. The van der Waals surface area contributed by atoms with Gasteiger partial charge in [0, 0.05) is 47.5 Å². The third-order valence-electron chi connectivity index (χ3n) is 16.5. The molecular weight excluding hydrogens is 1080 g/mol. The molecule has 6 heterocycles. The minimum absolute atomic E-state index is 0.00528. The molecule has 21 nitrogen and oxygen atoms in total. The van der Waals surface area contributed by atoms with Crippen LogP contribution in [0.4, 0.5) is 26.7 Å². The summed E-state index contributed by atoms with van der Waals surface area (Å²) in [7, 11) is 3.79. The predicted octanol–water partition coefficient (Wildman–Crippen LogP) is 7.09. The van der Waals surface area contributed by atoms with Crippen LogP contribution in [0.2, 0.25) is 0 Å². The molecule has 0 aliphatic carbocycles. The first-order chi connectivity index (χ1) is 40.4. The fourth-order valence-electron chi connectivity index (χ4n) is 12.1. The number of ketones is 1. The number of nitrogens with zero attached hydrogens (tertiary/aromatic N) is 3. The molecule has 6 saturated heterocycles. The molecule has 21 heteroatoms. The molecule has 10 rings (SSSR count). The first-order valence-corrected chi connectivity index (χ1v) is 28.5. The fourth-order valence-corrected chi connectivity index (χ4v) is 12.1. The van der Waals surface area contributed by atoms with Crippen molar-refractivity contribution in [1.82, 2.24) is 25.3 Å². The second-order valence-electron chi connectivity index (χ2n) is 21.9. The van der Waals surface area contributed by atoms with Gasteiger partial charge in [0.05, 0.1) is 33.8 Å². The van der Waals surface area contributed by atoms with Crippen molar-refractivity contribution in [2.75, 3.05) is 38.1 Å². The van der Waals surface area contributed by atoms with Gasteiger partial charge in [-0.2, -0.15) is 0 Å². The summed E-state index contributed by atoms with van der Waals surface area (Å²) in [5.41, 5.74) is 18.4. The van der Waals surface area contributed by atoms with Gasteiger partial charge in [-0.05, 0) is 141 Å². The summed E-state index contributed by atoms with van der Waals surface area (Å²) in [6.45, 7) is 0. The number of ether oxygens (including phenoxy) is 3. The third kappa shape index (κ3) is 15.3. The normalized spacial score (nSPS) is 24.1. The van der Waals surface area contributed by atoms with E-state index in [9.17, 15) is 43.2 Å². The molecule has 4 aromatic carbocycles. The van der Waals surface area contributed by atoms with Gasteiger partial charge in [-0.15, -0.1) is 0 Å². The molecule has 84 heavy (non-hydrogen) atoms. The van der Waals surface area contributed by atoms with Gasteiger partial charge in [0.25, 0.3) is 0 Å². The molecule has 0 saturated carbocycles. The molecule has 6 aliphatic rings. The largest absolute Gasteiger partial charge is 0.480 e. The lowest BCUT2D eigenvalue weighted by Gasteiger charge is -2.37. The molecule has 0 spiro atoms. The van der Waals surface area contributed by atoms with Crippen LogP contribution >= 0.6 is 0 Å². The van der Waals surface area contributed by atoms with E-state index in [1.165, 1.54) is 26.2 Å². The standard InChI is InChI=1S/C38H44N4O8.C14H14N2.C11H16N2O5/c1-49-34(44)22-26-11-14-28-16-19-31(41(28)36(26)46)33(43)21-25-7-5-23(6-8-25)3-4-24-9-12-27(13-10-24)39-35(45)32-20-17-29-15-18-30(37(47)42(29)32)40-38(48)50-2;15-13-7-3-11(4-8-13)1-2-12-5-9-14(16)10-6-12;1-18-11(17)12-7-4-2-6-3-5-8(10(15)16)13(6)9(7)14/h3-10,12-13,26,28-32H,11,14-22H2,1-2H3,(H,39,45)(H,40,48);1-10H,15-16H2;6-8H,2-5H2,1H3,(H,12,17)(H,15,16)/b4-3+;2-1+;/t26-,28+,29+,30+,31+,32+;;6-,7-,8-/m1.0/s1. The van der Waals surface area contributed by atoms with Crippen molar-refractivity contribution in [1.29, 1.82) is 0 Å². The number of nitrogens with two attached hydrogens (primary N) is 2. The van der Waals surface area contributed by atoms with Gasteiger partial charge in [0.15, 0.2) is 5.78 Å². The highest BCUT2D eigenvalue weighted by Gasteiger charge is 2.49. The number of nitrogens with one attached hydrogen (secondary N) is 3. The van der Waals surface area contributed by atoms with Crippen molar-refractivity contribution in [3.63, 3.8) is 0 Å². The number of alkyl carbamates (subject to hydrolysis) is 2. The van der Waals surface area contributed by atoms with Crippen molar-refractivity contribution in [2.24, 2.45) is 5.92 Å². The maximum absolute atomic E-state index is 13.3. The Balaban J connectivity index is 0.000000218. The third-order valence-corrected chi connectivity index (χ3v) is 16.5. The smallest absolute Gasteiger partial charge is 0.407 e. The van der Waals surface area contributed by atoms with Crippen LogP contribution in [0.25, 0.3) is 24.3 Å². The average molecular weight is 1150 g/mol. The van der Waals surface area contributed by atoms with E-state index in [2.05, 4.69) is 25.4 Å². The fraction of sp³-hybridized carbons (Fsp3) is 0.413. The molecule has 6 aliphatic heterocycles. The molecule has 0 aromatic heterocycles. The SMILES string of the molecule is COC(=O)C[C@H]1CC[C@H]2CC[C@@H](C(=O)Cc3ccc(/C=C/c4ccc(NC(=O)[C@@H]5CC[C@@H]6CC[C@H](NC(=O)OC)C(=O)N65)cc4)cc3)N2C1=O.COC(=O)N[C@H]1CC[C@H]2CC[C@@H](C(=O)O)N2C1=O.Nc1ccc(/C=C/c2ccc(N)cc2)cc1. The van der Waals surface area contributed by atoms with E-state index < -0.39 is 60.3 Å². The zero-order chi connectivity index (χ0) is 60.0. The van der Waals surface area contributed by atoms with E-state index in [-0.39, 0.29) is 60.4 Å². The van der Waals surface area contributed by atoms with Crippen molar-refractivity contribution < 1.29 is 62.5 Å². The number of hydrogen-bond donors (Lipinski definition) is 6. The second kappa shape index (κ2) is 28.3. The number of aliphatic carboxylic acids is 1. The average Bonchev–Trinajstić information content (AvgIpc) is 4.17. The lowest BCUT2D eigenvalue weighted by Crippen LogP contribution is -2.58. The number of nitrogen functional groups attached to an aromatic ring is 2. The molecular formula is C63H74N8O13. The summed E-state index contributed by atoms with van der Waals surface area (Å²) in [6.07, 6.45) is 14.9. The quantitative estimate of drug-likeness (QED) is 0.0318. The highest BCUT2D eigenvalue weighted by atomic mass is 16.5. The van der Waals surface area contributed by atoms with Crippen molar-refractivity contribution in [3.8, 4) is 0 Å². The lowest BCUT2D eigenvalue weighted by atomic mass is 9.89. The number of benzene rings is 4. The number of anilines is 3. The number of carbonyl (C=O) groups is 9. The van der Waals surface area contributed by atoms with Gasteiger partial charge in [-0.1, -0.05) is 85.0 Å². The number of piperidine rings is 3. The summed E-state index contributed by atoms with van der Waals surface area (Å²) < 4.78 is 13.9. The summed E-state index contributed by atoms with van der Waals surface area (Å²) in [4.78, 5) is 115. The van der Waals surface area contributed by atoms with Gasteiger partial charge in [-0.3, -0.25) is 28.8 Å². The minimum Gasteiger partial charge on any atom is -0.480 e. The van der Waals surface area contributed by atoms with Crippen molar-refractivity contribution in [3.05, 3.63) is 125 Å². The molecule has 4 aromatic rings. The first-order valence-electron chi connectivity index (χ1n) is 28.5. The number of carboxylic acids is 1. The van der Waals surface area contributed by atoms with Gasteiger partial charge in [0.1, 0.15) is 24.2 Å². The molecule has 444 valence electrons. The van der Waals surface area contributed by atoms with Gasteiger partial charge < -0.3 is 61.4 Å². The van der Waals surface area contributed by atoms with Crippen LogP contribution in [-0.4, -0.2) is 143 Å². The summed E-state index contributed by atoms with van der Waals surface area (Å²) in [5, 5.41) is 17.0. The number of methoxy groups -OCH3 is 3. The number of esters is 1. The highest BCUT2D eigenvalue weighted by molar-refractivity contribution is 5.99. The zero-order valence-electron chi connectivity index (χ0n) is 47.5. The van der Waals surface area contributed by atoms with Crippen LogP contribution in [0.3, 0.4) is 0 Å². The Bertz CT molecular complexity index is 2930. The van der Waals surface area contributed by atoms with E-state index >= 15 is 0 Å². The van der Waals surface area contributed by atoms with Crippen LogP contribution in [-0.2, 0) is 54.2 Å². The molecule has 9 atom stereocenters. The first kappa shape index (κ1) is 61.1. The topological polar surface area (TPSA) is 299 Å². The molecule has 8 N–H and O–H groups in total. The number of hydrogen-bond acceptors (Lipinski definition) is 14. The highest BCUT2D eigenvalue weighted by Crippen LogP contribution is 2.38. The van der Waals surface area contributed by atoms with Crippen molar-refractivity contribution in [2.45, 2.75) is 138 Å². The summed E-state index contributed by atoms with van der Waals surface area (Å²) in [6, 6.07) is 27.6. The lowest BCUT2D eigenvalue weighted by molar-refractivity contribution is -0.152. The summed E-state index contributed by atoms with van der Waals surface area (Å²) in [5.74, 6) is -2.72. The Labute approximate surface area is 488 Å². The molecule has 0 bridgehead atoms. The van der Waals surface area contributed by atoms with Gasteiger partial charge in [-0.25, -0.2) is 14.4 Å². The number of rotatable bonds is 14. The van der Waals surface area contributed by atoms with Crippen LogP contribution in [0.15, 0.2) is 97.1 Å². The van der Waals surface area contributed by atoms with Gasteiger partial charge in [0.2, 0.25) is 23.6 Å². The van der Waals surface area contributed by atoms with E-state index in [1.807, 2.05) is 121 Å². The second-order valence-corrected chi connectivity index (χ2v) is 21.9. The number of carbonyl (C=O) groups excluding carboxylic acids is 8. The van der Waals surface area contributed by atoms with Gasteiger partial charge >= 0.3 is 24.1 Å². The number of fused-ring (bicyclic) bond motifs is 3. The monoisotopic (exact) mass is 1150 g/mol. The Morgan fingerprint density at radius 1 is 0.500 bits per heavy atom. The van der Waals surface area contributed by atoms with Crippen LogP contribution in [0.1, 0.15) is 111 Å². The molecule has 0 radical (unpaired) electrons. The zero-order valence-corrected chi connectivity index (χ0v) is 47.5. The van der Waals surface area contributed by atoms with E-state index in [4.69, 9.17) is 21.3 Å². The Hall–Kier alpha value is -9.01. The maximum atomic E-state index is 13.3. The van der Waals surface area contributed by atoms with E-state index in [0.29, 0.717) is 57.1 Å². The van der Waals surface area contributed by atoms with Crippen LogP contribution in [0.5, 0.6) is 0 Å². The van der Waals surface area contributed by atoms with E-state index in [1.54, 1.807) is 9.80 Å². The molecule has 0 unspecified atom stereocenters. The van der Waals surface area contributed by atoms with Crippen LogP contribution < -0.4 is 27.4 Å². The maximum Gasteiger partial charge on any atom is 0.407 e. The Morgan fingerprint density at radius 3 is 1.35 bits per heavy atom. The Morgan fingerprint density at radius 2 is 0.893 bits per heavy atom. The number of Topliss-reactive ketones (excluding diaryl/α,β-unsaturated/α-hetero) is 1. The van der Waals surface area contributed by atoms with E-state index in [0.717, 1.165) is 64.9 Å². The molecule has 6 amide bonds. The van der Waals surface area contributed by atoms with Crippen molar-refractivity contribution >= 4 is 94.9 Å². The number of carboxylic acid groups (broad SMARTS) is 1. The predicted molar refractivity (Wildman–Crippen MR) is 315 cm³/mol. The van der Waals surface area contributed by atoms with Crippen LogP contribution in [0, 0.1) is 5.92 Å².